The molecule has 4 nitrogen and oxygen atoms in total. The molecule has 1 heterocycles. The molecule has 5 heteroatoms. The summed E-state index contributed by atoms with van der Waals surface area (Å²) in [6, 6.07) is 14.0. The van der Waals surface area contributed by atoms with Crippen LogP contribution in [0.1, 0.15) is 30.4 Å². The second-order valence-electron chi connectivity index (χ2n) is 7.47. The van der Waals surface area contributed by atoms with Gasteiger partial charge in [0.25, 0.3) is 0 Å². The zero-order chi connectivity index (χ0) is 20.0. The maximum absolute atomic E-state index is 12.0. The number of ether oxygens (including phenoxy) is 2. The van der Waals surface area contributed by atoms with Crippen LogP contribution < -0.4 is 5.32 Å². The normalized spacial score (nSPS) is 19.4. The third kappa shape index (κ3) is 4.76. The van der Waals surface area contributed by atoms with E-state index in [-0.39, 0.29) is 6.10 Å². The quantitative estimate of drug-likeness (QED) is 0.645. The highest BCUT2D eigenvalue weighted by molar-refractivity contribution is 6.33. The third-order valence-corrected chi connectivity index (χ3v) is 5.72. The third-order valence-electron chi connectivity index (χ3n) is 5.40. The van der Waals surface area contributed by atoms with Crippen molar-refractivity contribution in [1.82, 2.24) is 5.32 Å². The molecular weight excluding hydrogens is 374 g/mol. The van der Waals surface area contributed by atoms with E-state index in [4.69, 9.17) is 21.1 Å². The number of hydrogen-bond donors (Lipinski definition) is 2. The van der Waals surface area contributed by atoms with Crippen molar-refractivity contribution in [1.29, 1.82) is 0 Å². The van der Waals surface area contributed by atoms with Crippen LogP contribution >= 0.6 is 11.6 Å². The summed E-state index contributed by atoms with van der Waals surface area (Å²) in [5.74, 6) is 0. The molecular formula is C23H30ClNO3. The van der Waals surface area contributed by atoms with Gasteiger partial charge in [-0.3, -0.25) is 0 Å². The van der Waals surface area contributed by atoms with Gasteiger partial charge in [0.15, 0.2) is 0 Å². The molecule has 0 aromatic heterocycles. The summed E-state index contributed by atoms with van der Waals surface area (Å²) < 4.78 is 11.2. The van der Waals surface area contributed by atoms with Crippen LogP contribution in [0.25, 0.3) is 11.1 Å². The van der Waals surface area contributed by atoms with Crippen LogP contribution in [-0.2, 0) is 15.1 Å². The maximum Gasteiger partial charge on any atom is 0.118 e. The van der Waals surface area contributed by atoms with Gasteiger partial charge >= 0.3 is 0 Å². The van der Waals surface area contributed by atoms with Crippen LogP contribution in [0.15, 0.2) is 42.5 Å². The predicted octanol–water partition coefficient (Wildman–Crippen LogP) is 4.31. The zero-order valence-corrected chi connectivity index (χ0v) is 17.5. The average Bonchev–Trinajstić information content (AvgIpc) is 2.71. The Morgan fingerprint density at radius 2 is 2.07 bits per heavy atom. The lowest BCUT2D eigenvalue weighted by Gasteiger charge is -2.40. The number of methoxy groups -OCH3 is 1. The fraction of sp³-hybridized carbons (Fsp3) is 0.478. The summed E-state index contributed by atoms with van der Waals surface area (Å²) in [4.78, 5) is 0. The summed E-state index contributed by atoms with van der Waals surface area (Å²) >= 11 is 6.66. The van der Waals surface area contributed by atoms with Crippen molar-refractivity contribution in [2.45, 2.75) is 37.9 Å². The average molecular weight is 404 g/mol. The van der Waals surface area contributed by atoms with E-state index in [0.717, 1.165) is 41.6 Å². The minimum atomic E-state index is -1.13. The first kappa shape index (κ1) is 21.3. The van der Waals surface area contributed by atoms with Gasteiger partial charge in [0.05, 0.1) is 6.61 Å². The number of nitrogens with one attached hydrogen (secondary N) is 1. The Balaban J connectivity index is 2.05. The van der Waals surface area contributed by atoms with E-state index in [1.807, 2.05) is 30.3 Å². The van der Waals surface area contributed by atoms with E-state index in [1.54, 1.807) is 7.11 Å². The molecule has 0 amide bonds. The standard InChI is InChI=1S/C23H30ClNO3/c1-17-7-5-8-18(15-17)22-19(9-6-10-20(22)24)23(26,11-3-4-13-27-2)21-16-25-12-14-28-21/h5-10,15,21,25-26H,3-4,11-14,16H2,1-2H3/t21-,23-/m1/s1. The Morgan fingerprint density at radius 3 is 2.79 bits per heavy atom. The second kappa shape index (κ2) is 9.86. The molecule has 0 aliphatic carbocycles. The molecule has 152 valence electrons. The minimum Gasteiger partial charge on any atom is -0.385 e. The second-order valence-corrected chi connectivity index (χ2v) is 7.88. The molecule has 0 radical (unpaired) electrons. The zero-order valence-electron chi connectivity index (χ0n) is 16.7. The van der Waals surface area contributed by atoms with Gasteiger partial charge in [-0.2, -0.15) is 0 Å². The minimum absolute atomic E-state index is 0.328. The Kier molecular flexibility index (Phi) is 7.49. The predicted molar refractivity (Wildman–Crippen MR) is 114 cm³/mol. The van der Waals surface area contributed by atoms with E-state index >= 15 is 0 Å². The number of rotatable bonds is 8. The lowest BCUT2D eigenvalue weighted by atomic mass is 9.79. The van der Waals surface area contributed by atoms with Crippen LogP contribution in [0, 0.1) is 6.92 Å². The molecule has 1 fully saturated rings. The molecule has 0 unspecified atom stereocenters. The molecule has 2 atom stereocenters. The first-order valence-corrected chi connectivity index (χ1v) is 10.3. The molecule has 1 aliphatic heterocycles. The van der Waals surface area contributed by atoms with Crippen molar-refractivity contribution in [3.8, 4) is 11.1 Å². The first-order chi connectivity index (χ1) is 13.6. The van der Waals surface area contributed by atoms with Gasteiger partial charge in [0, 0.05) is 37.4 Å². The Morgan fingerprint density at radius 1 is 1.25 bits per heavy atom. The van der Waals surface area contributed by atoms with Crippen molar-refractivity contribution in [2.75, 3.05) is 33.4 Å². The molecule has 2 aromatic carbocycles. The molecule has 28 heavy (non-hydrogen) atoms. The number of aryl methyl sites for hydroxylation is 1. The molecule has 3 rings (SSSR count). The number of aliphatic hydroxyl groups is 1. The highest BCUT2D eigenvalue weighted by atomic mass is 35.5. The number of morpholine rings is 1. The summed E-state index contributed by atoms with van der Waals surface area (Å²) in [6.45, 7) is 4.74. The fourth-order valence-corrected chi connectivity index (χ4v) is 4.24. The van der Waals surface area contributed by atoms with Crippen molar-refractivity contribution < 1.29 is 14.6 Å². The summed E-state index contributed by atoms with van der Waals surface area (Å²) in [5, 5.41) is 16.0. The van der Waals surface area contributed by atoms with E-state index in [0.29, 0.717) is 31.2 Å². The SMILES string of the molecule is COCCCC[C@@](O)(c1cccc(Cl)c1-c1cccc(C)c1)[C@H]1CNCCO1. The van der Waals surface area contributed by atoms with E-state index in [9.17, 15) is 5.11 Å². The lowest BCUT2D eigenvalue weighted by molar-refractivity contribution is -0.129. The molecule has 2 aromatic rings. The number of unbranched alkanes of at least 4 members (excludes halogenated alkanes) is 1. The van der Waals surface area contributed by atoms with Crippen molar-refractivity contribution >= 4 is 11.6 Å². The fourth-order valence-electron chi connectivity index (χ4n) is 3.96. The highest BCUT2D eigenvalue weighted by Gasteiger charge is 2.41. The van der Waals surface area contributed by atoms with Crippen LogP contribution in [0.5, 0.6) is 0 Å². The van der Waals surface area contributed by atoms with Gasteiger partial charge in [-0.15, -0.1) is 0 Å². The summed E-state index contributed by atoms with van der Waals surface area (Å²) in [5.41, 5.74) is 2.75. The largest absolute Gasteiger partial charge is 0.385 e. The van der Waals surface area contributed by atoms with Gasteiger partial charge < -0.3 is 19.9 Å². The van der Waals surface area contributed by atoms with Crippen LogP contribution in [0.2, 0.25) is 5.02 Å². The van der Waals surface area contributed by atoms with Gasteiger partial charge in [-0.05, 0) is 43.4 Å². The Hall–Kier alpha value is -1.43. The van der Waals surface area contributed by atoms with Gasteiger partial charge in [-0.1, -0.05) is 53.6 Å². The number of hydrogen-bond acceptors (Lipinski definition) is 4. The van der Waals surface area contributed by atoms with Crippen LogP contribution in [0.3, 0.4) is 0 Å². The van der Waals surface area contributed by atoms with E-state index in [1.165, 1.54) is 0 Å². The van der Waals surface area contributed by atoms with Crippen molar-refractivity contribution in [3.63, 3.8) is 0 Å². The maximum atomic E-state index is 12.0. The van der Waals surface area contributed by atoms with Crippen LogP contribution in [-0.4, -0.2) is 44.6 Å². The number of halogens is 1. The van der Waals surface area contributed by atoms with Gasteiger partial charge in [0.2, 0.25) is 0 Å². The van der Waals surface area contributed by atoms with Crippen molar-refractivity contribution in [2.24, 2.45) is 0 Å². The Labute approximate surface area is 172 Å². The smallest absolute Gasteiger partial charge is 0.118 e. The summed E-state index contributed by atoms with van der Waals surface area (Å²) in [7, 11) is 1.70. The lowest BCUT2D eigenvalue weighted by Crippen LogP contribution is -2.51. The molecule has 2 N–H and O–H groups in total. The Bertz CT molecular complexity index is 776. The molecule has 1 saturated heterocycles. The van der Waals surface area contributed by atoms with E-state index in [2.05, 4.69) is 24.4 Å². The molecule has 0 saturated carbocycles. The van der Waals surface area contributed by atoms with Gasteiger partial charge in [-0.25, -0.2) is 0 Å². The molecule has 0 spiro atoms. The molecule has 1 aliphatic rings. The van der Waals surface area contributed by atoms with E-state index < -0.39 is 5.60 Å². The molecule has 0 bridgehead atoms. The van der Waals surface area contributed by atoms with Crippen molar-refractivity contribution in [3.05, 3.63) is 58.6 Å². The van der Waals surface area contributed by atoms with Crippen LogP contribution in [0.4, 0.5) is 0 Å². The number of benzene rings is 2. The topological polar surface area (TPSA) is 50.7 Å². The summed E-state index contributed by atoms with van der Waals surface area (Å²) in [6.07, 6.45) is 1.98. The van der Waals surface area contributed by atoms with Gasteiger partial charge in [0.1, 0.15) is 11.7 Å². The monoisotopic (exact) mass is 403 g/mol. The highest BCUT2D eigenvalue weighted by Crippen LogP contribution is 2.42. The first-order valence-electron chi connectivity index (χ1n) is 9.96.